The van der Waals surface area contributed by atoms with Crippen LogP contribution in [0, 0.1) is 17.3 Å². The van der Waals surface area contributed by atoms with Crippen LogP contribution in [0.15, 0.2) is 11.6 Å². The highest BCUT2D eigenvalue weighted by Crippen LogP contribution is 2.57. The lowest BCUT2D eigenvalue weighted by atomic mass is 9.77. The molecule has 2 heteroatoms. The zero-order chi connectivity index (χ0) is 8.93. The highest BCUT2D eigenvalue weighted by Gasteiger charge is 2.51. The molecule has 0 radical (unpaired) electrons. The van der Waals surface area contributed by atoms with E-state index >= 15 is 0 Å². The largest absolute Gasteiger partial charge is 0.478 e. The van der Waals surface area contributed by atoms with Gasteiger partial charge in [-0.15, -0.1) is 0 Å². The first-order valence-corrected chi connectivity index (χ1v) is 4.51. The Hall–Kier alpha value is -0.790. The molecule has 1 saturated carbocycles. The van der Waals surface area contributed by atoms with Crippen molar-refractivity contribution < 1.29 is 9.90 Å². The second kappa shape index (κ2) is 2.12. The molecule has 2 aliphatic rings. The molecule has 2 nitrogen and oxygen atoms in total. The third kappa shape index (κ3) is 0.728. The number of carboxylic acids is 1. The Morgan fingerprint density at radius 2 is 2.42 bits per heavy atom. The van der Waals surface area contributed by atoms with Crippen LogP contribution < -0.4 is 0 Å². The number of carbonyl (C=O) groups is 1. The molecule has 2 aliphatic carbocycles. The molecule has 0 aromatic heterocycles. The first-order chi connectivity index (χ1) is 5.55. The molecule has 0 aliphatic heterocycles. The molecule has 12 heavy (non-hydrogen) atoms. The summed E-state index contributed by atoms with van der Waals surface area (Å²) in [4.78, 5) is 10.9. The third-order valence-corrected chi connectivity index (χ3v) is 3.87. The van der Waals surface area contributed by atoms with Crippen LogP contribution in [0.2, 0.25) is 0 Å². The minimum Gasteiger partial charge on any atom is -0.478 e. The molecule has 2 bridgehead atoms. The van der Waals surface area contributed by atoms with Crippen molar-refractivity contribution in [3.63, 3.8) is 0 Å². The van der Waals surface area contributed by atoms with Gasteiger partial charge in [0.25, 0.3) is 0 Å². The fraction of sp³-hybridized carbons (Fsp3) is 0.700. The van der Waals surface area contributed by atoms with Crippen LogP contribution in [0.5, 0.6) is 0 Å². The highest BCUT2D eigenvalue weighted by atomic mass is 16.4. The molecule has 2 rings (SSSR count). The summed E-state index contributed by atoms with van der Waals surface area (Å²) in [5.41, 5.74) is 0.627. The summed E-state index contributed by atoms with van der Waals surface area (Å²) in [7, 11) is 0. The third-order valence-electron chi connectivity index (χ3n) is 3.87. The van der Waals surface area contributed by atoms with Gasteiger partial charge < -0.3 is 5.11 Å². The van der Waals surface area contributed by atoms with Gasteiger partial charge in [-0.25, -0.2) is 4.79 Å². The molecule has 0 amide bonds. The van der Waals surface area contributed by atoms with Crippen LogP contribution in [0.25, 0.3) is 0 Å². The number of hydrogen-bond donors (Lipinski definition) is 1. The lowest BCUT2D eigenvalue weighted by Gasteiger charge is -2.26. The van der Waals surface area contributed by atoms with Crippen molar-refractivity contribution in [1.82, 2.24) is 0 Å². The number of carboxylic acid groups (broad SMARTS) is 1. The summed E-state index contributed by atoms with van der Waals surface area (Å²) in [6.45, 7) is 4.26. The maximum atomic E-state index is 10.9. The van der Waals surface area contributed by atoms with Crippen LogP contribution >= 0.6 is 0 Å². The van der Waals surface area contributed by atoms with E-state index in [0.29, 0.717) is 17.4 Å². The maximum absolute atomic E-state index is 10.9. The van der Waals surface area contributed by atoms with Crippen molar-refractivity contribution in [2.75, 3.05) is 0 Å². The average molecular weight is 166 g/mol. The summed E-state index contributed by atoms with van der Waals surface area (Å²) in [6, 6.07) is 0. The number of fused-ring (bicyclic) bond motifs is 2. The zero-order valence-electron chi connectivity index (χ0n) is 7.50. The lowest BCUT2D eigenvalue weighted by Crippen LogP contribution is -2.24. The Bertz CT molecular complexity index is 267. The molecule has 3 atom stereocenters. The first kappa shape index (κ1) is 7.84. The van der Waals surface area contributed by atoms with Crippen molar-refractivity contribution in [3.8, 4) is 0 Å². The Morgan fingerprint density at radius 1 is 1.75 bits per heavy atom. The van der Waals surface area contributed by atoms with Gasteiger partial charge in [0.15, 0.2) is 0 Å². The zero-order valence-corrected chi connectivity index (χ0v) is 7.50. The summed E-state index contributed by atoms with van der Waals surface area (Å²) in [5.74, 6) is 0.344. The number of rotatable bonds is 1. The Morgan fingerprint density at radius 3 is 2.67 bits per heavy atom. The van der Waals surface area contributed by atoms with Crippen molar-refractivity contribution in [3.05, 3.63) is 11.6 Å². The topological polar surface area (TPSA) is 37.3 Å². The first-order valence-electron chi connectivity index (χ1n) is 4.51. The van der Waals surface area contributed by atoms with Crippen molar-refractivity contribution >= 4 is 5.97 Å². The van der Waals surface area contributed by atoms with Crippen LogP contribution in [0.1, 0.15) is 26.7 Å². The van der Waals surface area contributed by atoms with E-state index in [1.165, 1.54) is 6.42 Å². The van der Waals surface area contributed by atoms with Crippen LogP contribution in [0.3, 0.4) is 0 Å². The Labute approximate surface area is 72.3 Å². The average Bonchev–Trinajstić information content (AvgIpc) is 2.40. The maximum Gasteiger partial charge on any atom is 0.331 e. The van der Waals surface area contributed by atoms with Gasteiger partial charge >= 0.3 is 5.97 Å². The monoisotopic (exact) mass is 166 g/mol. The van der Waals surface area contributed by atoms with Gasteiger partial charge in [0.1, 0.15) is 0 Å². The fourth-order valence-corrected chi connectivity index (χ4v) is 2.74. The standard InChI is InChI=1S/C10H14O2/c1-6-7-3-4-10(6,2)8(5-7)9(11)12/h5-7H,3-4H2,1-2H3,(H,11,12). The summed E-state index contributed by atoms with van der Waals surface area (Å²) >= 11 is 0. The Kier molecular flexibility index (Phi) is 1.39. The quantitative estimate of drug-likeness (QED) is 0.647. The molecular weight excluding hydrogens is 152 g/mol. The molecule has 0 spiro atoms. The van der Waals surface area contributed by atoms with E-state index in [9.17, 15) is 4.79 Å². The summed E-state index contributed by atoms with van der Waals surface area (Å²) in [5, 5.41) is 8.95. The van der Waals surface area contributed by atoms with Gasteiger partial charge in [0.2, 0.25) is 0 Å². The van der Waals surface area contributed by atoms with E-state index in [1.54, 1.807) is 0 Å². The number of aliphatic carboxylic acids is 1. The smallest absolute Gasteiger partial charge is 0.331 e. The number of allylic oxidation sites excluding steroid dienone is 1. The van der Waals surface area contributed by atoms with Crippen molar-refractivity contribution in [2.24, 2.45) is 17.3 Å². The molecule has 0 aromatic carbocycles. The van der Waals surface area contributed by atoms with Gasteiger partial charge in [-0.2, -0.15) is 0 Å². The summed E-state index contributed by atoms with van der Waals surface area (Å²) in [6.07, 6.45) is 4.20. The van der Waals surface area contributed by atoms with Gasteiger partial charge in [-0.1, -0.05) is 19.9 Å². The molecular formula is C10H14O2. The summed E-state index contributed by atoms with van der Waals surface area (Å²) < 4.78 is 0. The molecule has 1 N–H and O–H groups in total. The van der Waals surface area contributed by atoms with E-state index in [-0.39, 0.29) is 5.41 Å². The highest BCUT2D eigenvalue weighted by molar-refractivity contribution is 5.89. The molecule has 0 aromatic rings. The van der Waals surface area contributed by atoms with E-state index < -0.39 is 5.97 Å². The predicted octanol–water partition coefficient (Wildman–Crippen LogP) is 2.06. The van der Waals surface area contributed by atoms with E-state index in [4.69, 9.17) is 5.11 Å². The van der Waals surface area contributed by atoms with Gasteiger partial charge in [-0.05, 0) is 24.7 Å². The minimum absolute atomic E-state index is 0.0312. The van der Waals surface area contributed by atoms with E-state index in [0.717, 1.165) is 6.42 Å². The molecule has 0 saturated heterocycles. The number of hydrogen-bond acceptors (Lipinski definition) is 1. The SMILES string of the molecule is CC1C2C=C(C(=O)O)C1(C)CC2. The molecule has 3 unspecified atom stereocenters. The van der Waals surface area contributed by atoms with E-state index in [1.807, 2.05) is 6.08 Å². The van der Waals surface area contributed by atoms with Gasteiger partial charge in [0, 0.05) is 11.0 Å². The fourth-order valence-electron chi connectivity index (χ4n) is 2.74. The van der Waals surface area contributed by atoms with Crippen LogP contribution in [-0.2, 0) is 4.79 Å². The molecule has 0 heterocycles. The van der Waals surface area contributed by atoms with Crippen molar-refractivity contribution in [2.45, 2.75) is 26.7 Å². The normalized spacial score (nSPS) is 44.7. The second-order valence-corrected chi connectivity index (χ2v) is 4.29. The molecule has 1 fully saturated rings. The van der Waals surface area contributed by atoms with Gasteiger partial charge in [-0.3, -0.25) is 0 Å². The Balaban J connectivity index is 2.41. The predicted molar refractivity (Wildman–Crippen MR) is 45.7 cm³/mol. The van der Waals surface area contributed by atoms with Crippen LogP contribution in [-0.4, -0.2) is 11.1 Å². The molecule has 66 valence electrons. The van der Waals surface area contributed by atoms with Crippen molar-refractivity contribution in [1.29, 1.82) is 0 Å². The van der Waals surface area contributed by atoms with Crippen LogP contribution in [0.4, 0.5) is 0 Å². The lowest BCUT2D eigenvalue weighted by molar-refractivity contribution is -0.134. The van der Waals surface area contributed by atoms with Gasteiger partial charge in [0.05, 0.1) is 0 Å². The second-order valence-electron chi connectivity index (χ2n) is 4.29. The minimum atomic E-state index is -0.716. The van der Waals surface area contributed by atoms with E-state index in [2.05, 4.69) is 13.8 Å².